The third kappa shape index (κ3) is 2.71. The quantitative estimate of drug-likeness (QED) is 0.485. The van der Waals surface area contributed by atoms with E-state index >= 15 is 0 Å². The van der Waals surface area contributed by atoms with Crippen LogP contribution in [0.25, 0.3) is 22.2 Å². The van der Waals surface area contributed by atoms with E-state index in [9.17, 15) is 0 Å². The number of fused-ring (bicyclic) bond motifs is 3. The zero-order chi connectivity index (χ0) is 15.1. The average Bonchev–Trinajstić information content (AvgIpc) is 3.04. The van der Waals surface area contributed by atoms with Crippen molar-refractivity contribution in [3.63, 3.8) is 0 Å². The van der Waals surface area contributed by atoms with E-state index in [4.69, 9.17) is 10.7 Å². The maximum absolute atomic E-state index is 5.92. The molecule has 1 fully saturated rings. The molecule has 112 valence electrons. The molecule has 6 nitrogen and oxygen atoms in total. The molecule has 2 aromatic heterocycles. The Morgan fingerprint density at radius 2 is 2.00 bits per heavy atom. The van der Waals surface area contributed by atoms with Gasteiger partial charge in [0.25, 0.3) is 0 Å². The first kappa shape index (κ1) is 16.2. The second-order valence-electron chi connectivity index (χ2n) is 5.61. The van der Waals surface area contributed by atoms with Gasteiger partial charge in [-0.3, -0.25) is 0 Å². The third-order valence-electron chi connectivity index (χ3n) is 4.14. The molecule has 1 saturated heterocycles. The number of hydrogen-bond donors (Lipinski definition) is 1. The molecule has 1 aliphatic heterocycles. The zero-order valence-corrected chi connectivity index (χ0v) is 15.3. The van der Waals surface area contributed by atoms with Crippen molar-refractivity contribution in [1.29, 1.82) is 0 Å². The number of benzene rings is 1. The average molecular weight is 316 g/mol. The summed E-state index contributed by atoms with van der Waals surface area (Å²) in [5, 5.41) is 5.24. The minimum atomic E-state index is 0. The van der Waals surface area contributed by atoms with E-state index in [1.54, 1.807) is 6.33 Å². The van der Waals surface area contributed by atoms with Gasteiger partial charge in [-0.05, 0) is 30.5 Å². The molecule has 3 aromatic rings. The second kappa shape index (κ2) is 6.47. The number of nitrogens with two attached hydrogens (primary N) is 1. The Hall–Kier alpha value is -1.63. The van der Waals surface area contributed by atoms with Crippen molar-refractivity contribution >= 4 is 28.2 Å². The van der Waals surface area contributed by atoms with Crippen LogP contribution in [0, 0.1) is 6.07 Å². The molecular formula is C16H17N6Na. The van der Waals surface area contributed by atoms with Crippen LogP contribution in [-0.2, 0) is 0 Å². The third-order valence-corrected chi connectivity index (χ3v) is 4.14. The van der Waals surface area contributed by atoms with Gasteiger partial charge in [0.2, 0.25) is 5.95 Å². The van der Waals surface area contributed by atoms with Gasteiger partial charge in [0.05, 0.1) is 0 Å². The summed E-state index contributed by atoms with van der Waals surface area (Å²) in [7, 11) is 0. The molecule has 0 spiro atoms. The van der Waals surface area contributed by atoms with E-state index in [-0.39, 0.29) is 29.6 Å². The smallest absolute Gasteiger partial charge is 0.409 e. The van der Waals surface area contributed by atoms with E-state index in [0.29, 0.717) is 5.70 Å². The Bertz CT molecular complexity index is 866. The van der Waals surface area contributed by atoms with Crippen molar-refractivity contribution in [2.24, 2.45) is 5.73 Å². The molecule has 0 amide bonds. The van der Waals surface area contributed by atoms with E-state index in [1.165, 1.54) is 19.3 Å². The minimum Gasteiger partial charge on any atom is -0.409 e. The topological polar surface area (TPSA) is 72.3 Å². The van der Waals surface area contributed by atoms with Gasteiger partial charge >= 0.3 is 29.6 Å². The van der Waals surface area contributed by atoms with E-state index < -0.39 is 0 Å². The molecule has 2 N–H and O–H groups in total. The number of anilines is 1. The normalized spacial score (nSPS) is 14.9. The second-order valence-corrected chi connectivity index (χ2v) is 5.61. The fourth-order valence-electron chi connectivity index (χ4n) is 3.04. The van der Waals surface area contributed by atoms with Gasteiger partial charge in [-0.25, -0.2) is 9.97 Å². The number of hydrogen-bond acceptors (Lipinski definition) is 5. The predicted octanol–water partition coefficient (Wildman–Crippen LogP) is -0.999. The van der Waals surface area contributed by atoms with Gasteiger partial charge in [-0.15, -0.1) is 0 Å². The molecule has 0 aliphatic carbocycles. The summed E-state index contributed by atoms with van der Waals surface area (Å²) in [6.45, 7) is 5.83. The summed E-state index contributed by atoms with van der Waals surface area (Å²) < 4.78 is 1.81. The van der Waals surface area contributed by atoms with Crippen molar-refractivity contribution in [2.75, 3.05) is 18.0 Å². The molecule has 7 heteroatoms. The monoisotopic (exact) mass is 316 g/mol. The molecule has 1 aromatic carbocycles. The van der Waals surface area contributed by atoms with Crippen molar-refractivity contribution in [3.8, 4) is 0 Å². The van der Waals surface area contributed by atoms with Gasteiger partial charge in [0.1, 0.15) is 12.0 Å². The van der Waals surface area contributed by atoms with Crippen molar-refractivity contribution in [3.05, 3.63) is 36.7 Å². The summed E-state index contributed by atoms with van der Waals surface area (Å²) >= 11 is 0. The molecule has 23 heavy (non-hydrogen) atoms. The Morgan fingerprint density at radius 1 is 1.22 bits per heavy atom. The van der Waals surface area contributed by atoms with Crippen LogP contribution in [0.4, 0.5) is 5.95 Å². The van der Waals surface area contributed by atoms with Gasteiger partial charge in [0, 0.05) is 13.1 Å². The number of rotatable bonds is 2. The van der Waals surface area contributed by atoms with Crippen molar-refractivity contribution in [1.82, 2.24) is 19.6 Å². The largest absolute Gasteiger partial charge is 1.00 e. The van der Waals surface area contributed by atoms with Crippen LogP contribution in [0.3, 0.4) is 0 Å². The maximum atomic E-state index is 5.92. The molecule has 0 unspecified atom stereocenters. The molecule has 0 bridgehead atoms. The molecule has 0 atom stereocenters. The zero-order valence-electron chi connectivity index (χ0n) is 13.3. The number of nitrogens with zero attached hydrogens (tertiary/aromatic N) is 5. The van der Waals surface area contributed by atoms with E-state index in [0.717, 1.165) is 41.2 Å². The first-order valence-corrected chi connectivity index (χ1v) is 7.49. The van der Waals surface area contributed by atoms with E-state index in [2.05, 4.69) is 27.6 Å². The van der Waals surface area contributed by atoms with Gasteiger partial charge < -0.3 is 10.6 Å². The van der Waals surface area contributed by atoms with Crippen molar-refractivity contribution in [2.45, 2.75) is 19.3 Å². The number of piperidine rings is 1. The fraction of sp³-hybridized carbons (Fsp3) is 0.312. The van der Waals surface area contributed by atoms with E-state index in [1.807, 2.05) is 16.6 Å². The van der Waals surface area contributed by atoms with Gasteiger partial charge in [0.15, 0.2) is 0 Å². The Kier molecular flexibility index (Phi) is 4.57. The van der Waals surface area contributed by atoms with Crippen LogP contribution < -0.4 is 40.2 Å². The summed E-state index contributed by atoms with van der Waals surface area (Å²) in [5.41, 5.74) is 8.81. The van der Waals surface area contributed by atoms with Crippen LogP contribution in [-0.4, -0.2) is 32.7 Å². The summed E-state index contributed by atoms with van der Waals surface area (Å²) in [6.07, 6.45) is 5.18. The van der Waals surface area contributed by atoms with Crippen molar-refractivity contribution < 1.29 is 29.6 Å². The number of aromatic nitrogens is 4. The van der Waals surface area contributed by atoms with Gasteiger partial charge in [-0.2, -0.15) is 27.8 Å². The molecule has 0 radical (unpaired) electrons. The fourth-order valence-corrected chi connectivity index (χ4v) is 3.04. The van der Waals surface area contributed by atoms with Crippen LogP contribution >= 0.6 is 0 Å². The molecule has 1 aliphatic rings. The minimum absolute atomic E-state index is 0. The SMILES string of the molecule is C=C(N)c1c[c-]cc2c1nc(N1CCCCC1)n1ncnc21.[Na+]. The van der Waals surface area contributed by atoms with Crippen LogP contribution in [0.5, 0.6) is 0 Å². The molecule has 0 saturated carbocycles. The summed E-state index contributed by atoms with van der Waals surface area (Å²) in [4.78, 5) is 11.5. The Labute approximate surface area is 156 Å². The Balaban J connectivity index is 0.00000156. The predicted molar refractivity (Wildman–Crippen MR) is 86.4 cm³/mol. The van der Waals surface area contributed by atoms with Gasteiger partial charge in [-0.1, -0.05) is 17.5 Å². The first-order valence-electron chi connectivity index (χ1n) is 7.49. The molecule has 4 rings (SSSR count). The summed E-state index contributed by atoms with van der Waals surface area (Å²) in [5.74, 6) is 0.827. The van der Waals surface area contributed by atoms with Crippen LogP contribution in [0.1, 0.15) is 24.8 Å². The summed E-state index contributed by atoms with van der Waals surface area (Å²) in [6, 6.07) is 6.79. The molecular weight excluding hydrogens is 299 g/mol. The standard InChI is InChI=1S/C16H17N6.Na/c1-11(17)12-6-5-7-13-14(12)20-16(21-8-3-2-4-9-21)22-15(13)18-10-19-22;/h6-7,10H,1-4,8-9,17H2;/q-1;+1. The van der Waals surface area contributed by atoms with Crippen LogP contribution in [0.2, 0.25) is 0 Å². The Morgan fingerprint density at radius 3 is 2.74 bits per heavy atom. The van der Waals surface area contributed by atoms with Crippen LogP contribution in [0.15, 0.2) is 25.0 Å². The molecule has 3 heterocycles. The first-order chi connectivity index (χ1) is 10.8. The maximum Gasteiger partial charge on any atom is 1.00 e.